The van der Waals surface area contributed by atoms with E-state index < -0.39 is 0 Å². The Morgan fingerprint density at radius 3 is 2.44 bits per heavy atom. The van der Waals surface area contributed by atoms with Crippen molar-refractivity contribution in [3.8, 4) is 5.69 Å². The number of aromatic nitrogens is 3. The molecule has 1 aromatic carbocycles. The zero-order valence-corrected chi connectivity index (χ0v) is 10.5. The van der Waals surface area contributed by atoms with Crippen LogP contribution in [0.3, 0.4) is 0 Å². The van der Waals surface area contributed by atoms with Gasteiger partial charge in [-0.2, -0.15) is 5.10 Å². The summed E-state index contributed by atoms with van der Waals surface area (Å²) in [7, 11) is 0. The van der Waals surface area contributed by atoms with E-state index in [2.05, 4.69) is 55.2 Å². The van der Waals surface area contributed by atoms with Crippen molar-refractivity contribution in [1.29, 1.82) is 0 Å². The fourth-order valence-corrected chi connectivity index (χ4v) is 1.88. The number of benzene rings is 1. The highest BCUT2D eigenvalue weighted by Crippen LogP contribution is 2.17. The predicted molar refractivity (Wildman–Crippen MR) is 67.6 cm³/mol. The zero-order chi connectivity index (χ0) is 11.7. The molecule has 4 heteroatoms. The van der Waals surface area contributed by atoms with Gasteiger partial charge in [-0.25, -0.2) is 0 Å². The van der Waals surface area contributed by atoms with Crippen LogP contribution in [0.2, 0.25) is 0 Å². The SMILES string of the molecule is Cc1ccc(-n2c(C(C)C)n[nH]c2=S)cc1. The van der Waals surface area contributed by atoms with Crippen molar-refractivity contribution in [3.63, 3.8) is 0 Å². The van der Waals surface area contributed by atoms with E-state index in [9.17, 15) is 0 Å². The first-order chi connectivity index (χ1) is 7.59. The third-order valence-electron chi connectivity index (χ3n) is 2.51. The molecule has 0 saturated heterocycles. The van der Waals surface area contributed by atoms with Crippen LogP contribution in [0, 0.1) is 11.7 Å². The molecule has 16 heavy (non-hydrogen) atoms. The number of rotatable bonds is 2. The average molecular weight is 233 g/mol. The quantitative estimate of drug-likeness (QED) is 0.807. The molecule has 0 bridgehead atoms. The maximum Gasteiger partial charge on any atom is 0.199 e. The first-order valence-electron chi connectivity index (χ1n) is 5.34. The van der Waals surface area contributed by atoms with Gasteiger partial charge in [0.05, 0.1) is 0 Å². The van der Waals surface area contributed by atoms with Crippen molar-refractivity contribution in [2.45, 2.75) is 26.7 Å². The van der Waals surface area contributed by atoms with Crippen LogP contribution in [0.15, 0.2) is 24.3 Å². The van der Waals surface area contributed by atoms with Crippen LogP contribution in [-0.2, 0) is 0 Å². The Morgan fingerprint density at radius 2 is 1.88 bits per heavy atom. The fourth-order valence-electron chi connectivity index (χ4n) is 1.64. The number of nitrogens with zero attached hydrogens (tertiary/aromatic N) is 2. The molecule has 0 amide bonds. The van der Waals surface area contributed by atoms with E-state index in [0.717, 1.165) is 11.5 Å². The second-order valence-electron chi connectivity index (χ2n) is 4.21. The van der Waals surface area contributed by atoms with Gasteiger partial charge in [0.25, 0.3) is 0 Å². The molecular weight excluding hydrogens is 218 g/mol. The lowest BCUT2D eigenvalue weighted by Gasteiger charge is -2.09. The van der Waals surface area contributed by atoms with Gasteiger partial charge in [-0.15, -0.1) is 0 Å². The molecule has 2 rings (SSSR count). The van der Waals surface area contributed by atoms with E-state index in [1.54, 1.807) is 0 Å². The molecule has 1 heterocycles. The lowest BCUT2D eigenvalue weighted by atomic mass is 10.2. The van der Waals surface area contributed by atoms with E-state index in [0.29, 0.717) is 10.7 Å². The van der Waals surface area contributed by atoms with Gasteiger partial charge in [-0.3, -0.25) is 9.67 Å². The minimum atomic E-state index is 0.342. The van der Waals surface area contributed by atoms with Crippen molar-refractivity contribution in [3.05, 3.63) is 40.4 Å². The van der Waals surface area contributed by atoms with E-state index >= 15 is 0 Å². The third kappa shape index (κ3) is 1.93. The first kappa shape index (κ1) is 11.1. The molecule has 3 nitrogen and oxygen atoms in total. The lowest BCUT2D eigenvalue weighted by Crippen LogP contribution is -2.03. The van der Waals surface area contributed by atoms with E-state index in [-0.39, 0.29) is 0 Å². The molecule has 1 N–H and O–H groups in total. The van der Waals surface area contributed by atoms with Gasteiger partial charge in [0.15, 0.2) is 4.77 Å². The topological polar surface area (TPSA) is 33.6 Å². The smallest absolute Gasteiger partial charge is 0.199 e. The largest absolute Gasteiger partial charge is 0.272 e. The van der Waals surface area contributed by atoms with Crippen LogP contribution < -0.4 is 0 Å². The van der Waals surface area contributed by atoms with Crippen molar-refractivity contribution in [2.75, 3.05) is 0 Å². The van der Waals surface area contributed by atoms with Crippen LogP contribution in [0.1, 0.15) is 31.2 Å². The highest BCUT2D eigenvalue weighted by Gasteiger charge is 2.11. The van der Waals surface area contributed by atoms with Gasteiger partial charge in [0.1, 0.15) is 5.82 Å². The minimum absolute atomic E-state index is 0.342. The molecule has 0 atom stereocenters. The molecule has 0 unspecified atom stereocenters. The van der Waals surface area contributed by atoms with Crippen molar-refractivity contribution >= 4 is 12.2 Å². The predicted octanol–water partition coefficient (Wildman–Crippen LogP) is 3.36. The summed E-state index contributed by atoms with van der Waals surface area (Å²) in [5.74, 6) is 1.31. The minimum Gasteiger partial charge on any atom is -0.272 e. The molecule has 0 aliphatic heterocycles. The summed E-state index contributed by atoms with van der Waals surface area (Å²) < 4.78 is 2.63. The van der Waals surface area contributed by atoms with E-state index in [1.165, 1.54) is 5.56 Å². The van der Waals surface area contributed by atoms with Gasteiger partial charge in [0.2, 0.25) is 0 Å². The molecule has 0 aliphatic carbocycles. The molecule has 84 valence electrons. The summed E-state index contributed by atoms with van der Waals surface area (Å²) in [6, 6.07) is 8.28. The molecule has 0 saturated carbocycles. The Labute approximate surface area is 100 Å². The summed E-state index contributed by atoms with van der Waals surface area (Å²) in [4.78, 5) is 0. The van der Waals surface area contributed by atoms with Crippen LogP contribution in [0.4, 0.5) is 0 Å². The second-order valence-corrected chi connectivity index (χ2v) is 4.60. The summed E-state index contributed by atoms with van der Waals surface area (Å²) in [5, 5.41) is 7.11. The molecule has 2 aromatic rings. The second kappa shape index (κ2) is 4.22. The molecule has 1 aromatic heterocycles. The summed E-state index contributed by atoms with van der Waals surface area (Å²) >= 11 is 5.25. The van der Waals surface area contributed by atoms with Gasteiger partial charge in [0, 0.05) is 11.6 Å². The highest BCUT2D eigenvalue weighted by molar-refractivity contribution is 7.71. The maximum absolute atomic E-state index is 5.25. The first-order valence-corrected chi connectivity index (χ1v) is 5.75. The van der Waals surface area contributed by atoms with Crippen LogP contribution in [0.5, 0.6) is 0 Å². The normalized spacial score (nSPS) is 11.0. The average Bonchev–Trinajstić information content (AvgIpc) is 2.62. The number of aryl methyl sites for hydroxylation is 1. The Morgan fingerprint density at radius 1 is 1.25 bits per heavy atom. The molecule has 0 spiro atoms. The molecule has 0 radical (unpaired) electrons. The Bertz CT molecular complexity index is 534. The molecule has 0 fully saturated rings. The highest BCUT2D eigenvalue weighted by atomic mass is 32.1. The van der Waals surface area contributed by atoms with Crippen LogP contribution in [0.25, 0.3) is 5.69 Å². The fraction of sp³-hybridized carbons (Fsp3) is 0.333. The monoisotopic (exact) mass is 233 g/mol. The Hall–Kier alpha value is -1.42. The summed E-state index contributed by atoms with van der Waals surface area (Å²) in [6.45, 7) is 6.28. The maximum atomic E-state index is 5.25. The summed E-state index contributed by atoms with van der Waals surface area (Å²) in [5.41, 5.74) is 2.30. The van der Waals surface area contributed by atoms with Gasteiger partial charge in [-0.05, 0) is 31.3 Å². The van der Waals surface area contributed by atoms with Gasteiger partial charge >= 0.3 is 0 Å². The van der Waals surface area contributed by atoms with Gasteiger partial charge < -0.3 is 0 Å². The number of hydrogen-bond donors (Lipinski definition) is 1. The zero-order valence-electron chi connectivity index (χ0n) is 9.69. The Balaban J connectivity index is 2.59. The van der Waals surface area contributed by atoms with Crippen molar-refractivity contribution in [1.82, 2.24) is 14.8 Å². The molecular formula is C12H15N3S. The lowest BCUT2D eigenvalue weighted by molar-refractivity contribution is 0.744. The number of hydrogen-bond acceptors (Lipinski definition) is 2. The number of H-pyrrole nitrogens is 1. The number of aromatic amines is 1. The summed E-state index contributed by atoms with van der Waals surface area (Å²) in [6.07, 6.45) is 0. The Kier molecular flexibility index (Phi) is 2.92. The molecule has 0 aliphatic rings. The van der Waals surface area contributed by atoms with E-state index in [4.69, 9.17) is 12.2 Å². The van der Waals surface area contributed by atoms with Crippen LogP contribution in [-0.4, -0.2) is 14.8 Å². The van der Waals surface area contributed by atoms with Gasteiger partial charge in [-0.1, -0.05) is 31.5 Å². The van der Waals surface area contributed by atoms with E-state index in [1.807, 2.05) is 4.57 Å². The standard InChI is InChI=1S/C12H15N3S/c1-8(2)11-13-14-12(16)15(11)10-6-4-9(3)5-7-10/h4-8H,1-3H3,(H,14,16). The third-order valence-corrected chi connectivity index (χ3v) is 2.78. The van der Waals surface area contributed by atoms with Crippen molar-refractivity contribution in [2.24, 2.45) is 0 Å². The van der Waals surface area contributed by atoms with Crippen molar-refractivity contribution < 1.29 is 0 Å². The number of nitrogens with one attached hydrogen (secondary N) is 1. The van der Waals surface area contributed by atoms with Crippen LogP contribution >= 0.6 is 12.2 Å².